The summed E-state index contributed by atoms with van der Waals surface area (Å²) in [6, 6.07) is 14.1. The zero-order chi connectivity index (χ0) is 14.6. The van der Waals surface area contributed by atoms with Crippen LogP contribution >= 0.6 is 0 Å². The van der Waals surface area contributed by atoms with Crippen molar-refractivity contribution in [2.45, 2.75) is 11.5 Å². The van der Waals surface area contributed by atoms with Crippen molar-refractivity contribution in [2.75, 3.05) is 0 Å². The minimum atomic E-state index is -3.86. The van der Waals surface area contributed by atoms with Gasteiger partial charge >= 0.3 is 7.12 Å². The second kappa shape index (κ2) is 6.19. The molecule has 5 nitrogen and oxygen atoms in total. The van der Waals surface area contributed by atoms with Gasteiger partial charge in [0.1, 0.15) is 0 Å². The van der Waals surface area contributed by atoms with Gasteiger partial charge < -0.3 is 10.0 Å². The molecule has 2 N–H and O–H groups in total. The molecule has 0 spiro atoms. The van der Waals surface area contributed by atoms with E-state index >= 15 is 0 Å². The molecule has 0 aliphatic heterocycles. The summed E-state index contributed by atoms with van der Waals surface area (Å²) in [7, 11) is -5.49. The Morgan fingerprint density at radius 3 is 2.10 bits per heavy atom. The third-order valence-electron chi connectivity index (χ3n) is 2.69. The van der Waals surface area contributed by atoms with Gasteiger partial charge in [0.05, 0.1) is 11.5 Å². The van der Waals surface area contributed by atoms with E-state index in [1.807, 2.05) is 6.07 Å². The molecule has 7 heteroatoms. The SMILES string of the molecule is O=S(=O)(OCc1ccccc1)c1ccc(B(O)O)cc1. The van der Waals surface area contributed by atoms with E-state index in [1.165, 1.54) is 24.3 Å². The highest BCUT2D eigenvalue weighted by Crippen LogP contribution is 2.13. The Balaban J connectivity index is 2.10. The van der Waals surface area contributed by atoms with Crippen molar-refractivity contribution in [1.29, 1.82) is 0 Å². The van der Waals surface area contributed by atoms with Crippen LogP contribution in [0.25, 0.3) is 0 Å². The lowest BCUT2D eigenvalue weighted by Gasteiger charge is -2.06. The number of hydrogen-bond acceptors (Lipinski definition) is 5. The van der Waals surface area contributed by atoms with E-state index in [-0.39, 0.29) is 17.0 Å². The summed E-state index contributed by atoms with van der Waals surface area (Å²) in [6.07, 6.45) is 0. The molecule has 0 amide bonds. The van der Waals surface area contributed by atoms with Crippen LogP contribution < -0.4 is 5.46 Å². The summed E-state index contributed by atoms with van der Waals surface area (Å²) in [6.45, 7) is -0.0481. The van der Waals surface area contributed by atoms with Crippen molar-refractivity contribution in [3.05, 3.63) is 60.2 Å². The predicted octanol–water partition coefficient (Wildman–Crippen LogP) is 0.272. The van der Waals surface area contributed by atoms with Crippen LogP contribution in [0.15, 0.2) is 59.5 Å². The molecule has 0 radical (unpaired) electrons. The first kappa shape index (κ1) is 14.7. The molecule has 2 rings (SSSR count). The van der Waals surface area contributed by atoms with E-state index < -0.39 is 17.2 Å². The average Bonchev–Trinajstić information content (AvgIpc) is 2.46. The molecule has 0 saturated heterocycles. The first-order valence-corrected chi connectivity index (χ1v) is 7.29. The second-order valence-corrected chi connectivity index (χ2v) is 5.76. The average molecular weight is 292 g/mol. The number of benzene rings is 2. The Morgan fingerprint density at radius 1 is 0.950 bits per heavy atom. The van der Waals surface area contributed by atoms with E-state index in [9.17, 15) is 8.42 Å². The van der Waals surface area contributed by atoms with Crippen molar-refractivity contribution in [1.82, 2.24) is 0 Å². The summed E-state index contributed by atoms with van der Waals surface area (Å²) in [4.78, 5) is -0.0298. The topological polar surface area (TPSA) is 83.8 Å². The van der Waals surface area contributed by atoms with Gasteiger partial charge in [-0.25, -0.2) is 0 Å². The summed E-state index contributed by atoms with van der Waals surface area (Å²) in [5.74, 6) is 0. The standard InChI is InChI=1S/C13H13BO5S/c15-14(16)12-6-8-13(9-7-12)20(17,18)19-10-11-4-2-1-3-5-11/h1-9,15-16H,10H2. The molecule has 0 bridgehead atoms. The van der Waals surface area contributed by atoms with Crippen molar-refractivity contribution in [3.8, 4) is 0 Å². The fourth-order valence-electron chi connectivity index (χ4n) is 1.59. The normalized spacial score (nSPS) is 11.3. The quantitative estimate of drug-likeness (QED) is 0.610. The van der Waals surface area contributed by atoms with Gasteiger partial charge in [0, 0.05) is 0 Å². The predicted molar refractivity (Wildman–Crippen MR) is 74.7 cm³/mol. The Morgan fingerprint density at radius 2 is 1.55 bits per heavy atom. The minimum absolute atomic E-state index is 0.0298. The van der Waals surface area contributed by atoms with Gasteiger partial charge in [-0.05, 0) is 23.2 Å². The van der Waals surface area contributed by atoms with Crippen LogP contribution in [-0.4, -0.2) is 25.6 Å². The Kier molecular flexibility index (Phi) is 4.56. The van der Waals surface area contributed by atoms with E-state index in [0.29, 0.717) is 0 Å². The molecule has 2 aromatic carbocycles. The largest absolute Gasteiger partial charge is 0.488 e. The number of hydrogen-bond donors (Lipinski definition) is 2. The van der Waals surface area contributed by atoms with Gasteiger partial charge in [0.25, 0.3) is 10.1 Å². The monoisotopic (exact) mass is 292 g/mol. The van der Waals surface area contributed by atoms with E-state index in [2.05, 4.69) is 0 Å². The molecule has 104 valence electrons. The Bertz CT molecular complexity index is 653. The van der Waals surface area contributed by atoms with Gasteiger partial charge in [-0.15, -0.1) is 0 Å². The van der Waals surface area contributed by atoms with Gasteiger partial charge in [-0.1, -0.05) is 42.5 Å². The van der Waals surface area contributed by atoms with Gasteiger partial charge in [-0.3, -0.25) is 4.18 Å². The van der Waals surface area contributed by atoms with Crippen LogP contribution in [0.1, 0.15) is 5.56 Å². The molecule has 0 aliphatic carbocycles. The fourth-order valence-corrected chi connectivity index (χ4v) is 2.49. The maximum Gasteiger partial charge on any atom is 0.488 e. The molecular formula is C13H13BO5S. The molecule has 0 fully saturated rings. The Hall–Kier alpha value is -1.67. The van der Waals surface area contributed by atoms with Crippen LogP contribution in [0.3, 0.4) is 0 Å². The third-order valence-corrected chi connectivity index (χ3v) is 3.97. The van der Waals surface area contributed by atoms with Crippen LogP contribution in [0.5, 0.6) is 0 Å². The maximum atomic E-state index is 11.9. The van der Waals surface area contributed by atoms with Crippen molar-refractivity contribution in [3.63, 3.8) is 0 Å². The van der Waals surface area contributed by atoms with Crippen molar-refractivity contribution < 1.29 is 22.6 Å². The molecule has 0 heterocycles. The lowest BCUT2D eigenvalue weighted by Crippen LogP contribution is -2.29. The van der Waals surface area contributed by atoms with E-state index in [1.54, 1.807) is 24.3 Å². The van der Waals surface area contributed by atoms with E-state index in [0.717, 1.165) is 5.56 Å². The fraction of sp³-hybridized carbons (Fsp3) is 0.0769. The lowest BCUT2D eigenvalue weighted by molar-refractivity contribution is 0.308. The van der Waals surface area contributed by atoms with Crippen LogP contribution in [-0.2, 0) is 20.9 Å². The van der Waals surface area contributed by atoms with Crippen LogP contribution in [0, 0.1) is 0 Å². The zero-order valence-electron chi connectivity index (χ0n) is 10.5. The lowest BCUT2D eigenvalue weighted by atomic mass is 9.81. The molecule has 0 saturated carbocycles. The Labute approximate surface area is 117 Å². The minimum Gasteiger partial charge on any atom is -0.423 e. The summed E-state index contributed by atoms with van der Waals surface area (Å²) in [5.41, 5.74) is 0.963. The first-order valence-electron chi connectivity index (χ1n) is 5.88. The van der Waals surface area contributed by atoms with Crippen molar-refractivity contribution >= 4 is 22.7 Å². The van der Waals surface area contributed by atoms with Gasteiger partial charge in [-0.2, -0.15) is 8.42 Å². The van der Waals surface area contributed by atoms with Crippen molar-refractivity contribution in [2.24, 2.45) is 0 Å². The molecule has 0 aromatic heterocycles. The highest BCUT2D eigenvalue weighted by molar-refractivity contribution is 7.86. The highest BCUT2D eigenvalue weighted by Gasteiger charge is 2.17. The maximum absolute atomic E-state index is 11.9. The molecule has 0 aliphatic rings. The zero-order valence-corrected chi connectivity index (χ0v) is 11.3. The van der Waals surface area contributed by atoms with Gasteiger partial charge in [0.15, 0.2) is 0 Å². The summed E-state index contributed by atoms with van der Waals surface area (Å²) >= 11 is 0. The molecular weight excluding hydrogens is 279 g/mol. The molecule has 20 heavy (non-hydrogen) atoms. The van der Waals surface area contributed by atoms with Crippen LogP contribution in [0.2, 0.25) is 0 Å². The first-order chi connectivity index (χ1) is 9.49. The van der Waals surface area contributed by atoms with E-state index in [4.69, 9.17) is 14.2 Å². The third kappa shape index (κ3) is 3.67. The molecule has 0 unspecified atom stereocenters. The second-order valence-electron chi connectivity index (χ2n) is 4.14. The number of rotatable bonds is 5. The summed E-state index contributed by atoms with van der Waals surface area (Å²) < 4.78 is 28.8. The molecule has 0 atom stereocenters. The highest BCUT2D eigenvalue weighted by atomic mass is 32.2. The smallest absolute Gasteiger partial charge is 0.423 e. The van der Waals surface area contributed by atoms with Gasteiger partial charge in [0.2, 0.25) is 0 Å². The summed E-state index contributed by atoms with van der Waals surface area (Å²) in [5, 5.41) is 17.9. The molecule has 2 aromatic rings. The van der Waals surface area contributed by atoms with Crippen LogP contribution in [0.4, 0.5) is 0 Å².